The Labute approximate surface area is 234 Å². The maximum Gasteiger partial charge on any atom is 0.296 e. The van der Waals surface area contributed by atoms with E-state index in [9.17, 15) is 22.9 Å². The van der Waals surface area contributed by atoms with Crippen molar-refractivity contribution in [2.24, 2.45) is 10.2 Å². The summed E-state index contributed by atoms with van der Waals surface area (Å²) in [6.45, 7) is 3.96. The molecule has 0 aliphatic rings. The van der Waals surface area contributed by atoms with E-state index in [1.165, 1.54) is 24.3 Å². The van der Waals surface area contributed by atoms with Gasteiger partial charge in [0.05, 0.1) is 22.9 Å². The number of rotatable bonds is 8. The van der Waals surface area contributed by atoms with Crippen molar-refractivity contribution >= 4 is 67.1 Å². The molecule has 0 aromatic heterocycles. The van der Waals surface area contributed by atoms with Crippen molar-refractivity contribution in [2.75, 3.05) is 11.9 Å². The van der Waals surface area contributed by atoms with E-state index in [2.05, 4.69) is 15.5 Å². The molecule has 202 valence electrons. The number of nitrogens with zero attached hydrogens (tertiary/aromatic N) is 2. The van der Waals surface area contributed by atoms with E-state index in [0.717, 1.165) is 0 Å². The Kier molecular flexibility index (Phi) is 8.41. The van der Waals surface area contributed by atoms with Crippen LogP contribution >= 0.6 is 23.2 Å². The maximum absolute atomic E-state index is 13.3. The molecule has 0 unspecified atom stereocenters. The van der Waals surface area contributed by atoms with Crippen LogP contribution in [0.2, 0.25) is 10.0 Å². The van der Waals surface area contributed by atoms with Gasteiger partial charge < -0.3 is 15.2 Å². The van der Waals surface area contributed by atoms with Gasteiger partial charge in [0.15, 0.2) is 5.75 Å². The number of benzene rings is 4. The Morgan fingerprint density at radius 2 is 1.72 bits per heavy atom. The van der Waals surface area contributed by atoms with Gasteiger partial charge in [0.25, 0.3) is 16.0 Å². The average molecular weight is 588 g/mol. The van der Waals surface area contributed by atoms with Gasteiger partial charge in [-0.15, -0.1) is 10.2 Å². The first-order valence-electron chi connectivity index (χ1n) is 11.7. The SMILES string of the molecule is CCOc1ccc(Cl)cc1NC(=O)c1cc2ccccc2c(N=Nc2c(S(=O)(=O)O)ccc(CC)c2Cl)c1O. The van der Waals surface area contributed by atoms with E-state index < -0.39 is 26.7 Å². The van der Waals surface area contributed by atoms with Crippen molar-refractivity contribution in [3.63, 3.8) is 0 Å². The van der Waals surface area contributed by atoms with Crippen molar-refractivity contribution < 1.29 is 27.6 Å². The average Bonchev–Trinajstić information content (AvgIpc) is 2.89. The monoisotopic (exact) mass is 587 g/mol. The number of ether oxygens (including phenoxy) is 1. The predicted octanol–water partition coefficient (Wildman–Crippen LogP) is 7.73. The first-order valence-corrected chi connectivity index (χ1v) is 13.9. The van der Waals surface area contributed by atoms with Crippen LogP contribution in [0.15, 0.2) is 75.8 Å². The number of phenols is 1. The number of azo groups is 1. The van der Waals surface area contributed by atoms with E-state index in [4.69, 9.17) is 27.9 Å². The Balaban J connectivity index is 1.86. The number of halogens is 2. The predicted molar refractivity (Wildman–Crippen MR) is 151 cm³/mol. The third kappa shape index (κ3) is 5.99. The van der Waals surface area contributed by atoms with Crippen LogP contribution in [0.25, 0.3) is 10.8 Å². The Morgan fingerprint density at radius 1 is 1.00 bits per heavy atom. The number of amides is 1. The topological polar surface area (TPSA) is 138 Å². The van der Waals surface area contributed by atoms with E-state index >= 15 is 0 Å². The van der Waals surface area contributed by atoms with E-state index in [1.54, 1.807) is 43.3 Å². The second kappa shape index (κ2) is 11.6. The maximum atomic E-state index is 13.3. The van der Waals surface area contributed by atoms with E-state index in [1.807, 2.05) is 6.92 Å². The molecule has 0 aliphatic heterocycles. The second-order valence-electron chi connectivity index (χ2n) is 8.28. The van der Waals surface area contributed by atoms with Gasteiger partial charge in [-0.25, -0.2) is 0 Å². The van der Waals surface area contributed by atoms with Crippen molar-refractivity contribution in [3.8, 4) is 11.5 Å². The zero-order valence-corrected chi connectivity index (χ0v) is 23.1. The van der Waals surface area contributed by atoms with Crippen molar-refractivity contribution in [1.82, 2.24) is 0 Å². The largest absolute Gasteiger partial charge is 0.505 e. The summed E-state index contributed by atoms with van der Waals surface area (Å²) >= 11 is 12.5. The molecule has 0 spiro atoms. The highest BCUT2D eigenvalue weighted by Crippen LogP contribution is 2.42. The van der Waals surface area contributed by atoms with Crippen LogP contribution in [0.1, 0.15) is 29.8 Å². The number of fused-ring (bicyclic) bond motifs is 1. The third-order valence-electron chi connectivity index (χ3n) is 5.80. The van der Waals surface area contributed by atoms with Crippen molar-refractivity contribution in [3.05, 3.63) is 81.8 Å². The fourth-order valence-electron chi connectivity index (χ4n) is 3.93. The summed E-state index contributed by atoms with van der Waals surface area (Å²) in [4.78, 5) is 12.8. The van der Waals surface area contributed by atoms with Crippen LogP contribution < -0.4 is 10.1 Å². The number of aryl methyl sites for hydroxylation is 1. The van der Waals surface area contributed by atoms with Gasteiger partial charge in [0, 0.05) is 10.4 Å². The van der Waals surface area contributed by atoms with Gasteiger partial charge in [0.2, 0.25) is 0 Å². The Morgan fingerprint density at radius 3 is 2.41 bits per heavy atom. The standard InChI is InChI=1S/C27H23Cl2N3O6S/c1-3-15-9-12-22(39(35,36)37)25(23(15)29)32-31-24-18-8-6-5-7-16(18)13-19(26(24)33)27(34)30-20-14-17(28)10-11-21(20)38-4-2/h5-14,33H,3-4H2,1-2H3,(H,30,34)(H,35,36,37). The smallest absolute Gasteiger partial charge is 0.296 e. The highest BCUT2D eigenvalue weighted by Gasteiger charge is 2.23. The minimum Gasteiger partial charge on any atom is -0.505 e. The van der Waals surface area contributed by atoms with Gasteiger partial charge in [-0.3, -0.25) is 9.35 Å². The molecule has 4 aromatic carbocycles. The molecular formula is C27H23Cl2N3O6S. The number of nitrogens with one attached hydrogen (secondary N) is 1. The highest BCUT2D eigenvalue weighted by molar-refractivity contribution is 7.86. The second-order valence-corrected chi connectivity index (χ2v) is 10.5. The minimum atomic E-state index is -4.69. The Bertz CT molecular complexity index is 1720. The molecule has 0 aliphatic carbocycles. The van der Waals surface area contributed by atoms with Gasteiger partial charge in [-0.2, -0.15) is 8.42 Å². The summed E-state index contributed by atoms with van der Waals surface area (Å²) in [6, 6.07) is 15.7. The van der Waals surface area contributed by atoms with E-state index in [-0.39, 0.29) is 22.0 Å². The normalized spacial score (nSPS) is 11.7. The summed E-state index contributed by atoms with van der Waals surface area (Å²) in [5, 5.41) is 23.3. The van der Waals surface area contributed by atoms with Crippen LogP contribution in [0.5, 0.6) is 11.5 Å². The van der Waals surface area contributed by atoms with Crippen molar-refractivity contribution in [2.45, 2.75) is 25.2 Å². The third-order valence-corrected chi connectivity index (χ3v) is 7.34. The molecular weight excluding hydrogens is 565 g/mol. The van der Waals surface area contributed by atoms with Gasteiger partial charge in [-0.1, -0.05) is 60.5 Å². The molecule has 4 rings (SSSR count). The zero-order chi connectivity index (χ0) is 28.3. The Hall–Kier alpha value is -3.70. The fraction of sp³-hybridized carbons (Fsp3) is 0.148. The first kappa shape index (κ1) is 28.3. The number of aromatic hydroxyl groups is 1. The first-order chi connectivity index (χ1) is 18.5. The lowest BCUT2D eigenvalue weighted by molar-refractivity contribution is 0.102. The molecule has 0 bridgehead atoms. The number of carbonyl (C=O) groups excluding carboxylic acids is 1. The van der Waals surface area contributed by atoms with Crippen LogP contribution in [0.4, 0.5) is 17.1 Å². The van der Waals surface area contributed by atoms with Crippen LogP contribution in [0, 0.1) is 0 Å². The molecule has 0 heterocycles. The molecule has 0 saturated heterocycles. The molecule has 3 N–H and O–H groups in total. The number of carbonyl (C=O) groups is 1. The molecule has 0 saturated carbocycles. The van der Waals surface area contributed by atoms with Gasteiger partial charge in [-0.05, 0) is 54.6 Å². The summed E-state index contributed by atoms with van der Waals surface area (Å²) in [5.41, 5.74) is 0.345. The van der Waals surface area contributed by atoms with Crippen LogP contribution in [0.3, 0.4) is 0 Å². The van der Waals surface area contributed by atoms with Crippen LogP contribution in [-0.4, -0.2) is 30.6 Å². The van der Waals surface area contributed by atoms with E-state index in [0.29, 0.717) is 45.8 Å². The molecule has 0 fully saturated rings. The lowest BCUT2D eigenvalue weighted by Gasteiger charge is -2.14. The molecule has 0 radical (unpaired) electrons. The molecule has 4 aromatic rings. The van der Waals surface area contributed by atoms with Crippen LogP contribution in [-0.2, 0) is 16.5 Å². The zero-order valence-electron chi connectivity index (χ0n) is 20.8. The molecule has 1 amide bonds. The fourth-order valence-corrected chi connectivity index (χ4v) is 5.12. The summed E-state index contributed by atoms with van der Waals surface area (Å²) in [5.74, 6) is -0.799. The van der Waals surface area contributed by atoms with Gasteiger partial charge >= 0.3 is 0 Å². The van der Waals surface area contributed by atoms with Crippen molar-refractivity contribution in [1.29, 1.82) is 0 Å². The summed E-state index contributed by atoms with van der Waals surface area (Å²) in [7, 11) is -4.69. The quantitative estimate of drug-likeness (QED) is 0.142. The van der Waals surface area contributed by atoms with Gasteiger partial charge in [0.1, 0.15) is 22.0 Å². The number of hydrogen-bond donors (Lipinski definition) is 3. The lowest BCUT2D eigenvalue weighted by Crippen LogP contribution is -2.13. The lowest BCUT2D eigenvalue weighted by atomic mass is 10.0. The molecule has 9 nitrogen and oxygen atoms in total. The molecule has 12 heteroatoms. The highest BCUT2D eigenvalue weighted by atomic mass is 35.5. The minimum absolute atomic E-state index is 0.0153. The number of hydrogen-bond acceptors (Lipinski definition) is 7. The summed E-state index contributed by atoms with van der Waals surface area (Å²) in [6.07, 6.45) is 0.462. The molecule has 0 atom stereocenters. The molecule has 39 heavy (non-hydrogen) atoms. The number of anilines is 1. The summed E-state index contributed by atoms with van der Waals surface area (Å²) < 4.78 is 39.2. The number of phenolic OH excluding ortho intramolecular Hbond substituents is 1.